The van der Waals surface area contributed by atoms with Crippen LogP contribution in [0.4, 0.5) is 5.13 Å². The molecule has 76 valence electrons. The van der Waals surface area contributed by atoms with Crippen LogP contribution in [0.2, 0.25) is 0 Å². The third-order valence-corrected chi connectivity index (χ3v) is 2.61. The average molecular weight is 220 g/mol. The quantitative estimate of drug-likeness (QED) is 0.670. The van der Waals surface area contributed by atoms with Crippen molar-refractivity contribution in [3.05, 3.63) is 17.3 Å². The summed E-state index contributed by atoms with van der Waals surface area (Å²) in [5.41, 5.74) is 7.06. The molecule has 0 radical (unpaired) electrons. The summed E-state index contributed by atoms with van der Waals surface area (Å²) in [5, 5.41) is 16.1. The minimum absolute atomic E-state index is 0.564. The molecule has 0 aromatic carbocycles. The predicted molar refractivity (Wildman–Crippen MR) is 57.1 cm³/mol. The van der Waals surface area contributed by atoms with Gasteiger partial charge in [0.2, 0.25) is 0 Å². The van der Waals surface area contributed by atoms with Crippen LogP contribution in [-0.2, 0) is 0 Å². The molecule has 0 aliphatic heterocycles. The number of thiazole rings is 1. The fourth-order valence-corrected chi connectivity index (χ4v) is 1.92. The van der Waals surface area contributed by atoms with E-state index < -0.39 is 0 Å². The van der Waals surface area contributed by atoms with Crippen molar-refractivity contribution < 1.29 is 0 Å². The van der Waals surface area contributed by atoms with Crippen LogP contribution in [0.25, 0.3) is 11.3 Å². The number of aromatic amines is 1. The van der Waals surface area contributed by atoms with E-state index in [0.717, 1.165) is 5.56 Å². The van der Waals surface area contributed by atoms with E-state index >= 15 is 0 Å². The molecule has 0 amide bonds. The number of hydrogen-bond donors (Lipinski definition) is 3. The fraction of sp³-hybridized carbons (Fsp3) is 0.125. The van der Waals surface area contributed by atoms with E-state index in [9.17, 15) is 0 Å². The largest absolute Gasteiger partial charge is 0.297 e. The van der Waals surface area contributed by atoms with Crippen LogP contribution < -0.4 is 10.9 Å². The summed E-state index contributed by atoms with van der Waals surface area (Å²) in [6.07, 6.45) is 3.35. The van der Waals surface area contributed by atoms with Crippen molar-refractivity contribution in [1.82, 2.24) is 20.6 Å². The first-order chi connectivity index (χ1) is 7.35. The van der Waals surface area contributed by atoms with Gasteiger partial charge in [0.05, 0.1) is 6.20 Å². The smallest absolute Gasteiger partial charge is 0.199 e. The molecule has 0 fully saturated rings. The minimum Gasteiger partial charge on any atom is -0.297 e. The van der Waals surface area contributed by atoms with Gasteiger partial charge in [-0.3, -0.25) is 10.5 Å². The van der Waals surface area contributed by atoms with Crippen molar-refractivity contribution in [3.8, 4) is 17.3 Å². The Labute approximate surface area is 89.9 Å². The fourth-order valence-electron chi connectivity index (χ4n) is 1.13. The summed E-state index contributed by atoms with van der Waals surface area (Å²) in [6, 6.07) is 2.11. The summed E-state index contributed by atoms with van der Waals surface area (Å²) in [7, 11) is 1.74. The summed E-state index contributed by atoms with van der Waals surface area (Å²) in [5.74, 6) is 0. The second-order valence-corrected chi connectivity index (χ2v) is 3.67. The molecular formula is C8H8N6S. The third kappa shape index (κ3) is 1.81. The summed E-state index contributed by atoms with van der Waals surface area (Å²) in [4.78, 5) is 4.84. The number of nitriles is 1. The van der Waals surface area contributed by atoms with E-state index in [1.54, 1.807) is 19.4 Å². The molecule has 2 aromatic heterocycles. The van der Waals surface area contributed by atoms with Gasteiger partial charge < -0.3 is 0 Å². The normalized spacial score (nSPS) is 9.87. The maximum atomic E-state index is 8.94. The second kappa shape index (κ2) is 4.08. The molecule has 0 aliphatic rings. The van der Waals surface area contributed by atoms with E-state index in [0.29, 0.717) is 15.7 Å². The number of hydrogen-bond acceptors (Lipinski definition) is 6. The van der Waals surface area contributed by atoms with Gasteiger partial charge in [-0.2, -0.15) is 10.4 Å². The van der Waals surface area contributed by atoms with E-state index in [1.165, 1.54) is 11.3 Å². The number of nitrogens with zero attached hydrogens (tertiary/aromatic N) is 3. The minimum atomic E-state index is 0.564. The van der Waals surface area contributed by atoms with E-state index in [4.69, 9.17) is 5.26 Å². The Hall–Kier alpha value is -1.91. The molecule has 15 heavy (non-hydrogen) atoms. The highest BCUT2D eigenvalue weighted by Crippen LogP contribution is 2.29. The van der Waals surface area contributed by atoms with Crippen LogP contribution in [0.3, 0.4) is 0 Å². The Morgan fingerprint density at radius 3 is 3.07 bits per heavy atom. The van der Waals surface area contributed by atoms with Crippen LogP contribution >= 0.6 is 11.3 Å². The van der Waals surface area contributed by atoms with E-state index in [-0.39, 0.29) is 0 Å². The number of anilines is 1. The summed E-state index contributed by atoms with van der Waals surface area (Å²) in [6.45, 7) is 0. The Balaban J connectivity index is 2.43. The standard InChI is InChI=1S/C8H8N6S/c1-10-14-8-13-7(6(2-9)15-8)5-3-11-12-4-5/h3-4,10H,1H3,(H,11,12)(H,13,14). The van der Waals surface area contributed by atoms with Crippen LogP contribution in [-0.4, -0.2) is 22.2 Å². The van der Waals surface area contributed by atoms with Crippen molar-refractivity contribution >= 4 is 16.5 Å². The number of hydrazine groups is 1. The number of H-pyrrole nitrogens is 1. The highest BCUT2D eigenvalue weighted by molar-refractivity contribution is 7.16. The Kier molecular flexibility index (Phi) is 2.62. The van der Waals surface area contributed by atoms with Crippen LogP contribution in [0.5, 0.6) is 0 Å². The van der Waals surface area contributed by atoms with Crippen molar-refractivity contribution in [2.24, 2.45) is 0 Å². The van der Waals surface area contributed by atoms with Gasteiger partial charge in [0.25, 0.3) is 0 Å². The number of nitrogens with one attached hydrogen (secondary N) is 3. The SMILES string of the molecule is CNNc1nc(-c2cn[nH]c2)c(C#N)s1. The van der Waals surface area contributed by atoms with Crippen molar-refractivity contribution in [2.45, 2.75) is 0 Å². The zero-order valence-electron chi connectivity index (χ0n) is 7.90. The molecule has 0 saturated carbocycles. The first-order valence-electron chi connectivity index (χ1n) is 4.18. The molecule has 3 N–H and O–H groups in total. The molecule has 0 aliphatic carbocycles. The molecule has 7 heteroatoms. The van der Waals surface area contributed by atoms with Gasteiger partial charge in [0, 0.05) is 18.8 Å². The lowest BCUT2D eigenvalue weighted by atomic mass is 10.2. The van der Waals surface area contributed by atoms with Gasteiger partial charge in [-0.05, 0) is 0 Å². The van der Waals surface area contributed by atoms with E-state index in [2.05, 4.69) is 32.1 Å². The molecule has 0 atom stereocenters. The molecular weight excluding hydrogens is 212 g/mol. The molecule has 2 rings (SSSR count). The van der Waals surface area contributed by atoms with Gasteiger partial charge in [0.15, 0.2) is 5.13 Å². The lowest BCUT2D eigenvalue weighted by Gasteiger charge is -1.95. The van der Waals surface area contributed by atoms with Crippen molar-refractivity contribution in [2.75, 3.05) is 12.5 Å². The molecule has 0 bridgehead atoms. The predicted octanol–water partition coefficient (Wildman–Crippen LogP) is 0.951. The Morgan fingerprint density at radius 1 is 1.60 bits per heavy atom. The maximum Gasteiger partial charge on any atom is 0.199 e. The maximum absolute atomic E-state index is 8.94. The Bertz CT molecular complexity index is 480. The van der Waals surface area contributed by atoms with Gasteiger partial charge in [-0.15, -0.1) is 0 Å². The first kappa shape index (κ1) is 9.64. The topological polar surface area (TPSA) is 89.4 Å². The molecule has 0 saturated heterocycles. The lowest BCUT2D eigenvalue weighted by molar-refractivity contribution is 0.978. The molecule has 6 nitrogen and oxygen atoms in total. The van der Waals surface area contributed by atoms with Gasteiger partial charge in [-0.1, -0.05) is 11.3 Å². The second-order valence-electron chi connectivity index (χ2n) is 2.67. The van der Waals surface area contributed by atoms with Crippen molar-refractivity contribution in [1.29, 1.82) is 5.26 Å². The van der Waals surface area contributed by atoms with E-state index in [1.807, 2.05) is 0 Å². The van der Waals surface area contributed by atoms with Gasteiger partial charge in [0.1, 0.15) is 16.6 Å². The van der Waals surface area contributed by atoms with Crippen molar-refractivity contribution in [3.63, 3.8) is 0 Å². The van der Waals surface area contributed by atoms with Crippen LogP contribution in [0.1, 0.15) is 4.88 Å². The van der Waals surface area contributed by atoms with Gasteiger partial charge >= 0.3 is 0 Å². The lowest BCUT2D eigenvalue weighted by Crippen LogP contribution is -2.14. The monoisotopic (exact) mass is 220 g/mol. The van der Waals surface area contributed by atoms with Gasteiger partial charge in [-0.25, -0.2) is 10.4 Å². The third-order valence-electron chi connectivity index (χ3n) is 1.73. The van der Waals surface area contributed by atoms with Crippen LogP contribution in [0.15, 0.2) is 12.4 Å². The molecule has 0 unspecified atom stereocenters. The number of rotatable bonds is 3. The Morgan fingerprint density at radius 2 is 2.47 bits per heavy atom. The molecule has 2 heterocycles. The zero-order valence-corrected chi connectivity index (χ0v) is 8.72. The first-order valence-corrected chi connectivity index (χ1v) is 4.99. The highest BCUT2D eigenvalue weighted by atomic mass is 32.1. The highest BCUT2D eigenvalue weighted by Gasteiger charge is 2.12. The van der Waals surface area contributed by atoms with Crippen LogP contribution in [0, 0.1) is 11.3 Å². The average Bonchev–Trinajstić information content (AvgIpc) is 2.84. The zero-order chi connectivity index (χ0) is 10.7. The summed E-state index contributed by atoms with van der Waals surface area (Å²) >= 11 is 1.29. The molecule has 2 aromatic rings. The molecule has 0 spiro atoms. The number of aromatic nitrogens is 3. The summed E-state index contributed by atoms with van der Waals surface area (Å²) < 4.78 is 0.